The van der Waals surface area contributed by atoms with E-state index in [2.05, 4.69) is 10.2 Å². The molecule has 0 spiro atoms. The predicted molar refractivity (Wildman–Crippen MR) is 113 cm³/mol. The van der Waals surface area contributed by atoms with Gasteiger partial charge in [0.2, 0.25) is 0 Å². The standard InChI is InChI=1S/C23H25ClFN3/c1-16(20-14-13-19(24)15-21(20)25)28(2)23(18-11-7-4-8-12-18)27-22(26)17-9-5-3-6-10-17/h3-16,22-23,27H,26H2,1-2H3. The van der Waals surface area contributed by atoms with Crippen LogP contribution in [0.5, 0.6) is 0 Å². The summed E-state index contributed by atoms with van der Waals surface area (Å²) in [7, 11) is 1.96. The summed E-state index contributed by atoms with van der Waals surface area (Å²) in [5.74, 6) is -0.314. The van der Waals surface area contributed by atoms with E-state index in [1.807, 2.05) is 74.6 Å². The maximum atomic E-state index is 14.5. The van der Waals surface area contributed by atoms with Crippen molar-refractivity contribution in [1.82, 2.24) is 10.2 Å². The smallest absolute Gasteiger partial charge is 0.129 e. The first-order chi connectivity index (χ1) is 13.5. The highest BCUT2D eigenvalue weighted by Crippen LogP contribution is 2.31. The first-order valence-corrected chi connectivity index (χ1v) is 9.63. The van der Waals surface area contributed by atoms with Crippen LogP contribution in [-0.4, -0.2) is 11.9 Å². The van der Waals surface area contributed by atoms with Crippen molar-refractivity contribution in [3.63, 3.8) is 0 Å². The van der Waals surface area contributed by atoms with E-state index < -0.39 is 0 Å². The van der Waals surface area contributed by atoms with Crippen molar-refractivity contribution in [2.24, 2.45) is 5.73 Å². The Morgan fingerprint density at radius 3 is 2.07 bits per heavy atom. The number of hydrogen-bond donors (Lipinski definition) is 2. The fourth-order valence-electron chi connectivity index (χ4n) is 3.29. The fourth-order valence-corrected chi connectivity index (χ4v) is 3.45. The molecule has 3 rings (SSSR count). The molecule has 5 heteroatoms. The lowest BCUT2D eigenvalue weighted by atomic mass is 10.0. The van der Waals surface area contributed by atoms with Crippen LogP contribution in [0.2, 0.25) is 5.02 Å². The maximum Gasteiger partial charge on any atom is 0.129 e. The Labute approximate surface area is 170 Å². The summed E-state index contributed by atoms with van der Waals surface area (Å²) in [4.78, 5) is 2.07. The SMILES string of the molecule is CC(c1ccc(Cl)cc1F)N(C)C(NC(N)c1ccccc1)c1ccccc1. The topological polar surface area (TPSA) is 41.3 Å². The molecule has 3 N–H and O–H groups in total. The Morgan fingerprint density at radius 2 is 1.50 bits per heavy atom. The van der Waals surface area contributed by atoms with Gasteiger partial charge in [0.25, 0.3) is 0 Å². The van der Waals surface area contributed by atoms with Crippen LogP contribution >= 0.6 is 11.6 Å². The first kappa shape index (κ1) is 20.5. The first-order valence-electron chi connectivity index (χ1n) is 9.26. The van der Waals surface area contributed by atoms with E-state index >= 15 is 0 Å². The van der Waals surface area contributed by atoms with Crippen LogP contribution in [0.4, 0.5) is 4.39 Å². The van der Waals surface area contributed by atoms with Gasteiger partial charge >= 0.3 is 0 Å². The Balaban J connectivity index is 1.89. The van der Waals surface area contributed by atoms with E-state index in [-0.39, 0.29) is 24.2 Å². The number of nitrogens with zero attached hydrogens (tertiary/aromatic N) is 1. The molecule has 0 saturated heterocycles. The molecule has 3 aromatic rings. The monoisotopic (exact) mass is 397 g/mol. The molecule has 3 nitrogen and oxygen atoms in total. The van der Waals surface area contributed by atoms with Crippen molar-refractivity contribution < 1.29 is 4.39 Å². The van der Waals surface area contributed by atoms with Crippen molar-refractivity contribution in [3.05, 3.63) is 106 Å². The second-order valence-corrected chi connectivity index (χ2v) is 7.31. The molecule has 0 heterocycles. The van der Waals surface area contributed by atoms with Gasteiger partial charge in [-0.25, -0.2) is 4.39 Å². The number of nitrogens with one attached hydrogen (secondary N) is 1. The van der Waals surface area contributed by atoms with Crippen LogP contribution in [-0.2, 0) is 0 Å². The van der Waals surface area contributed by atoms with Gasteiger partial charge in [0.15, 0.2) is 0 Å². The molecular weight excluding hydrogens is 373 g/mol. The van der Waals surface area contributed by atoms with Crippen molar-refractivity contribution in [3.8, 4) is 0 Å². The molecule has 0 amide bonds. The molecule has 0 aliphatic heterocycles. The number of halogens is 2. The van der Waals surface area contributed by atoms with Crippen molar-refractivity contribution >= 4 is 11.6 Å². The third kappa shape index (κ3) is 4.78. The maximum absolute atomic E-state index is 14.5. The minimum atomic E-state index is -0.365. The summed E-state index contributed by atoms with van der Waals surface area (Å²) < 4.78 is 14.5. The van der Waals surface area contributed by atoms with Gasteiger partial charge in [0, 0.05) is 16.6 Å². The number of benzene rings is 3. The third-order valence-electron chi connectivity index (χ3n) is 5.04. The predicted octanol–water partition coefficient (Wildman–Crippen LogP) is 5.42. The number of hydrogen-bond acceptors (Lipinski definition) is 3. The lowest BCUT2D eigenvalue weighted by molar-refractivity contribution is 0.140. The second kappa shape index (κ2) is 9.30. The lowest BCUT2D eigenvalue weighted by Crippen LogP contribution is -2.42. The van der Waals surface area contributed by atoms with Gasteiger partial charge in [0.1, 0.15) is 5.82 Å². The molecule has 0 saturated carbocycles. The molecule has 3 atom stereocenters. The Kier molecular flexibility index (Phi) is 6.81. The van der Waals surface area contributed by atoms with Gasteiger partial charge in [0.05, 0.1) is 12.3 Å². The molecule has 3 unspecified atom stereocenters. The van der Waals surface area contributed by atoms with Crippen LogP contribution in [0.15, 0.2) is 78.9 Å². The fraction of sp³-hybridized carbons (Fsp3) is 0.217. The molecule has 0 aliphatic carbocycles. The lowest BCUT2D eigenvalue weighted by Gasteiger charge is -2.36. The molecule has 3 aromatic carbocycles. The summed E-state index contributed by atoms with van der Waals surface area (Å²) in [6, 6.07) is 24.5. The minimum Gasteiger partial charge on any atom is -0.312 e. The average molecular weight is 398 g/mol. The molecule has 0 aromatic heterocycles. The van der Waals surface area contributed by atoms with Gasteiger partial charge in [-0.05, 0) is 37.2 Å². The number of rotatable bonds is 7. The van der Waals surface area contributed by atoms with E-state index in [9.17, 15) is 4.39 Å². The summed E-state index contributed by atoms with van der Waals surface area (Å²) in [5.41, 5.74) is 9.06. The van der Waals surface area contributed by atoms with E-state index in [1.165, 1.54) is 6.07 Å². The summed E-state index contributed by atoms with van der Waals surface area (Å²) >= 11 is 5.91. The zero-order valence-electron chi connectivity index (χ0n) is 16.0. The number of nitrogens with two attached hydrogens (primary N) is 1. The van der Waals surface area contributed by atoms with Crippen molar-refractivity contribution in [1.29, 1.82) is 0 Å². The van der Waals surface area contributed by atoms with Gasteiger partial charge < -0.3 is 5.73 Å². The zero-order valence-corrected chi connectivity index (χ0v) is 16.8. The highest BCUT2D eigenvalue weighted by atomic mass is 35.5. The zero-order chi connectivity index (χ0) is 20.1. The molecular formula is C23H25ClFN3. The van der Waals surface area contributed by atoms with Gasteiger partial charge in [-0.2, -0.15) is 0 Å². The highest BCUT2D eigenvalue weighted by Gasteiger charge is 2.26. The summed E-state index contributed by atoms with van der Waals surface area (Å²) in [5, 5.41) is 3.87. The van der Waals surface area contributed by atoms with Crippen LogP contribution in [0.25, 0.3) is 0 Å². The molecule has 0 aliphatic rings. The second-order valence-electron chi connectivity index (χ2n) is 6.88. The van der Waals surface area contributed by atoms with Gasteiger partial charge in [-0.1, -0.05) is 78.3 Å². The van der Waals surface area contributed by atoms with Crippen molar-refractivity contribution in [2.75, 3.05) is 7.05 Å². The molecule has 146 valence electrons. The van der Waals surface area contributed by atoms with Crippen LogP contribution in [0.1, 0.15) is 42.0 Å². The minimum absolute atomic E-state index is 0.196. The Hall–Kier alpha value is -2.24. The Morgan fingerprint density at radius 1 is 0.929 bits per heavy atom. The van der Waals surface area contributed by atoms with Crippen LogP contribution < -0.4 is 11.1 Å². The van der Waals surface area contributed by atoms with Crippen LogP contribution in [0, 0.1) is 5.82 Å². The largest absolute Gasteiger partial charge is 0.312 e. The van der Waals surface area contributed by atoms with E-state index in [1.54, 1.807) is 12.1 Å². The summed E-state index contributed by atoms with van der Waals surface area (Å²) in [6.45, 7) is 1.97. The van der Waals surface area contributed by atoms with E-state index in [4.69, 9.17) is 17.3 Å². The molecule has 28 heavy (non-hydrogen) atoms. The molecule has 0 radical (unpaired) electrons. The average Bonchev–Trinajstić information content (AvgIpc) is 2.72. The highest BCUT2D eigenvalue weighted by molar-refractivity contribution is 6.30. The van der Waals surface area contributed by atoms with Gasteiger partial charge in [-0.15, -0.1) is 0 Å². The summed E-state index contributed by atoms with van der Waals surface area (Å²) in [6.07, 6.45) is -0.572. The molecule has 0 bridgehead atoms. The normalized spacial score (nSPS) is 14.6. The third-order valence-corrected chi connectivity index (χ3v) is 5.28. The van der Waals surface area contributed by atoms with Crippen molar-refractivity contribution in [2.45, 2.75) is 25.3 Å². The Bertz CT molecular complexity index is 889. The van der Waals surface area contributed by atoms with Gasteiger partial charge in [-0.3, -0.25) is 10.2 Å². The van der Waals surface area contributed by atoms with Crippen LogP contribution in [0.3, 0.4) is 0 Å². The van der Waals surface area contributed by atoms with E-state index in [0.29, 0.717) is 10.6 Å². The quantitative estimate of drug-likeness (QED) is 0.523. The van der Waals surface area contributed by atoms with E-state index in [0.717, 1.165) is 11.1 Å². The molecule has 0 fully saturated rings.